The van der Waals surface area contributed by atoms with E-state index >= 15 is 0 Å². The van der Waals surface area contributed by atoms with Crippen molar-refractivity contribution in [3.05, 3.63) is 33.9 Å². The van der Waals surface area contributed by atoms with E-state index in [-0.39, 0.29) is 24.8 Å². The predicted molar refractivity (Wildman–Crippen MR) is 76.5 cm³/mol. The van der Waals surface area contributed by atoms with Crippen LogP contribution in [0.25, 0.3) is 0 Å². The van der Waals surface area contributed by atoms with Crippen LogP contribution in [0.4, 0.5) is 0 Å². The standard InChI is InChI=1S/C14H17N2O6/c1-20-10-6-8(7-11(21-2)14(10)22-3)13-9(16(18)19)4-5-12(17)15-13/h6-7,13H,4-5H2,1-3H3,(H,15,17)/q-1. The second-order valence-corrected chi connectivity index (χ2v) is 4.71. The Morgan fingerprint density at radius 2 is 1.82 bits per heavy atom. The lowest BCUT2D eigenvalue weighted by molar-refractivity contribution is -0.474. The summed E-state index contributed by atoms with van der Waals surface area (Å²) in [6, 6.07) is 2.42. The third-order valence-corrected chi connectivity index (χ3v) is 3.50. The summed E-state index contributed by atoms with van der Waals surface area (Å²) in [5.74, 6) is 0.904. The molecule has 22 heavy (non-hydrogen) atoms. The van der Waals surface area contributed by atoms with Crippen LogP contribution in [-0.2, 0) is 4.79 Å². The molecule has 1 aromatic rings. The van der Waals surface area contributed by atoms with Crippen molar-refractivity contribution in [2.75, 3.05) is 21.3 Å². The second kappa shape index (κ2) is 6.42. The summed E-state index contributed by atoms with van der Waals surface area (Å²) >= 11 is 0. The fourth-order valence-electron chi connectivity index (χ4n) is 2.44. The molecule has 2 rings (SSSR count). The summed E-state index contributed by atoms with van der Waals surface area (Å²) in [5.41, 5.74) is 0.509. The minimum Gasteiger partial charge on any atom is -0.493 e. The van der Waals surface area contributed by atoms with Crippen molar-refractivity contribution in [2.24, 2.45) is 0 Å². The Labute approximate surface area is 127 Å². The van der Waals surface area contributed by atoms with E-state index in [9.17, 15) is 14.9 Å². The van der Waals surface area contributed by atoms with Gasteiger partial charge in [0, 0.05) is 12.5 Å². The van der Waals surface area contributed by atoms with Gasteiger partial charge in [0.2, 0.25) is 11.7 Å². The molecule has 8 heteroatoms. The SMILES string of the molecule is COc1cc(C2NC(=O)CC[C-]2[N+](=O)[O-])cc(OC)c1OC. The van der Waals surface area contributed by atoms with Crippen LogP contribution in [0, 0.1) is 16.2 Å². The first-order chi connectivity index (χ1) is 10.5. The molecule has 0 radical (unpaired) electrons. The van der Waals surface area contributed by atoms with Gasteiger partial charge in [-0.1, -0.05) is 6.42 Å². The first-order valence-electron chi connectivity index (χ1n) is 6.61. The first kappa shape index (κ1) is 15.7. The van der Waals surface area contributed by atoms with Gasteiger partial charge in [0.25, 0.3) is 0 Å². The van der Waals surface area contributed by atoms with Crippen molar-refractivity contribution in [1.82, 2.24) is 5.32 Å². The highest BCUT2D eigenvalue weighted by Gasteiger charge is 2.28. The van der Waals surface area contributed by atoms with Crippen LogP contribution in [0.5, 0.6) is 17.2 Å². The number of nitro groups is 1. The lowest BCUT2D eigenvalue weighted by atomic mass is 9.92. The third-order valence-electron chi connectivity index (χ3n) is 3.50. The van der Waals surface area contributed by atoms with E-state index in [1.54, 1.807) is 12.1 Å². The molecule has 1 aliphatic rings. The highest BCUT2D eigenvalue weighted by Crippen LogP contribution is 2.42. The number of rotatable bonds is 5. The largest absolute Gasteiger partial charge is 0.493 e. The first-order valence-corrected chi connectivity index (χ1v) is 6.61. The Morgan fingerprint density at radius 3 is 2.27 bits per heavy atom. The Bertz CT molecular complexity index is 564. The number of nitrogens with one attached hydrogen (secondary N) is 1. The molecular formula is C14H17N2O6-. The molecule has 0 spiro atoms. The Kier molecular flexibility index (Phi) is 4.59. The van der Waals surface area contributed by atoms with Crippen molar-refractivity contribution in [1.29, 1.82) is 0 Å². The minimum absolute atomic E-state index is 0.0360. The third kappa shape index (κ3) is 2.85. The van der Waals surface area contributed by atoms with Crippen LogP contribution in [-0.4, -0.2) is 32.2 Å². The topological polar surface area (TPSA) is 99.9 Å². The van der Waals surface area contributed by atoms with Gasteiger partial charge in [0.1, 0.15) is 0 Å². The number of hydrogen-bond donors (Lipinski definition) is 1. The minimum atomic E-state index is -0.815. The van der Waals surface area contributed by atoms with Crippen molar-refractivity contribution in [2.45, 2.75) is 18.9 Å². The molecular weight excluding hydrogens is 292 g/mol. The van der Waals surface area contributed by atoms with E-state index in [1.807, 2.05) is 0 Å². The van der Waals surface area contributed by atoms with Gasteiger partial charge < -0.3 is 19.5 Å². The summed E-state index contributed by atoms with van der Waals surface area (Å²) in [6.07, 6.45) is 0.220. The van der Waals surface area contributed by atoms with Crippen LogP contribution in [0.3, 0.4) is 0 Å². The molecule has 0 saturated carbocycles. The Hall–Kier alpha value is -2.64. The zero-order valence-electron chi connectivity index (χ0n) is 12.5. The molecule has 1 fully saturated rings. The summed E-state index contributed by atoms with van der Waals surface area (Å²) < 4.78 is 15.7. The fraction of sp³-hybridized carbons (Fsp3) is 0.429. The van der Waals surface area contributed by atoms with E-state index in [0.717, 1.165) is 0 Å². The fourth-order valence-corrected chi connectivity index (χ4v) is 2.44. The molecule has 0 aliphatic carbocycles. The second-order valence-electron chi connectivity index (χ2n) is 4.71. The number of carbonyl (C=O) groups excluding carboxylic acids is 1. The number of amides is 1. The van der Waals surface area contributed by atoms with Crippen molar-refractivity contribution in [3.63, 3.8) is 0 Å². The average Bonchev–Trinajstić information content (AvgIpc) is 2.52. The summed E-state index contributed by atoms with van der Waals surface area (Å²) in [7, 11) is 4.38. The molecule has 1 N–H and O–H groups in total. The summed E-state index contributed by atoms with van der Waals surface area (Å²) in [4.78, 5) is 22.4. The highest BCUT2D eigenvalue weighted by atomic mass is 16.6. The maximum atomic E-state index is 11.6. The van der Waals surface area contributed by atoms with Crippen molar-refractivity contribution in [3.8, 4) is 17.2 Å². The molecule has 1 amide bonds. The molecule has 1 atom stereocenters. The van der Waals surface area contributed by atoms with Crippen LogP contribution < -0.4 is 19.5 Å². The monoisotopic (exact) mass is 309 g/mol. The summed E-state index contributed by atoms with van der Waals surface area (Å²) in [6.45, 7) is 0. The van der Waals surface area contributed by atoms with Gasteiger partial charge in [-0.3, -0.25) is 14.9 Å². The van der Waals surface area contributed by atoms with E-state index in [1.165, 1.54) is 21.3 Å². The van der Waals surface area contributed by atoms with Gasteiger partial charge in [0.15, 0.2) is 11.5 Å². The van der Waals surface area contributed by atoms with Gasteiger partial charge in [0.05, 0.1) is 21.3 Å². The number of nitrogens with zero attached hydrogens (tertiary/aromatic N) is 1. The van der Waals surface area contributed by atoms with Gasteiger partial charge in [-0.05, 0) is 23.7 Å². The van der Waals surface area contributed by atoms with E-state index in [2.05, 4.69) is 5.32 Å². The lowest BCUT2D eigenvalue weighted by Crippen LogP contribution is -2.40. The van der Waals surface area contributed by atoms with Crippen LogP contribution >= 0.6 is 0 Å². The van der Waals surface area contributed by atoms with Crippen LogP contribution in [0.2, 0.25) is 0 Å². The Morgan fingerprint density at radius 1 is 1.23 bits per heavy atom. The number of piperidine rings is 1. The molecule has 0 aromatic heterocycles. The molecule has 1 saturated heterocycles. The van der Waals surface area contributed by atoms with Gasteiger partial charge in [-0.25, -0.2) is 0 Å². The smallest absolute Gasteiger partial charge is 0.216 e. The molecule has 1 heterocycles. The molecule has 1 aliphatic heterocycles. The molecule has 8 nitrogen and oxygen atoms in total. The quantitative estimate of drug-likeness (QED) is 0.502. The van der Waals surface area contributed by atoms with Gasteiger partial charge >= 0.3 is 0 Å². The zero-order valence-corrected chi connectivity index (χ0v) is 12.5. The maximum Gasteiger partial charge on any atom is 0.216 e. The molecule has 120 valence electrons. The number of methoxy groups -OCH3 is 3. The van der Waals surface area contributed by atoms with Crippen molar-refractivity contribution >= 4 is 5.91 Å². The zero-order chi connectivity index (χ0) is 16.3. The predicted octanol–water partition coefficient (Wildman–Crippen LogP) is 1.47. The van der Waals surface area contributed by atoms with E-state index < -0.39 is 11.0 Å². The van der Waals surface area contributed by atoms with Crippen molar-refractivity contribution < 1.29 is 23.9 Å². The van der Waals surface area contributed by atoms with E-state index in [4.69, 9.17) is 14.2 Å². The van der Waals surface area contributed by atoms with E-state index in [0.29, 0.717) is 22.8 Å². The number of carbonyl (C=O) groups is 1. The van der Waals surface area contributed by atoms with Gasteiger partial charge in [-0.15, -0.1) is 4.92 Å². The van der Waals surface area contributed by atoms with Gasteiger partial charge in [-0.2, -0.15) is 0 Å². The average molecular weight is 309 g/mol. The van der Waals surface area contributed by atoms with Crippen LogP contribution in [0.15, 0.2) is 12.1 Å². The summed E-state index contributed by atoms with van der Waals surface area (Å²) in [5, 5.41) is 13.8. The van der Waals surface area contributed by atoms with Crippen LogP contribution in [0.1, 0.15) is 24.4 Å². The Balaban J connectivity index is 2.49. The highest BCUT2D eigenvalue weighted by molar-refractivity contribution is 5.78. The molecule has 1 unspecified atom stereocenters. The maximum absolute atomic E-state index is 11.6. The number of hydrogen-bond acceptors (Lipinski definition) is 6. The number of ether oxygens (including phenoxy) is 3. The molecule has 0 bridgehead atoms. The lowest BCUT2D eigenvalue weighted by Gasteiger charge is -2.37. The normalized spacial score (nSPS) is 17.7. The number of benzene rings is 1. The molecule has 1 aromatic carbocycles.